The molecule has 2 N–H and O–H groups in total. The zero-order valence-electron chi connectivity index (χ0n) is 9.53. The third kappa shape index (κ3) is 1.66. The summed E-state index contributed by atoms with van der Waals surface area (Å²) >= 11 is 0. The average molecular weight is 218 g/mol. The van der Waals surface area contributed by atoms with E-state index in [1.54, 1.807) is 6.07 Å². The summed E-state index contributed by atoms with van der Waals surface area (Å²) < 4.78 is 0. The number of Topliss-reactive ketones (excluding diaryl/α,β-unsaturated/α-hetero) is 1. The van der Waals surface area contributed by atoms with E-state index in [2.05, 4.69) is 9.97 Å². The first-order valence-corrected chi connectivity index (χ1v) is 5.10. The molecule has 0 spiro atoms. The summed E-state index contributed by atoms with van der Waals surface area (Å²) in [6, 6.07) is 3.19. The van der Waals surface area contributed by atoms with Crippen LogP contribution in [0.2, 0.25) is 0 Å². The number of rotatable bonds is 1. The van der Waals surface area contributed by atoms with E-state index in [1.165, 1.54) is 12.4 Å². The van der Waals surface area contributed by atoms with Gasteiger partial charge in [-0.05, 0) is 12.1 Å². The van der Waals surface area contributed by atoms with Gasteiger partial charge >= 0.3 is 0 Å². The van der Waals surface area contributed by atoms with Crippen LogP contribution in [0.25, 0.3) is 11.0 Å². The predicted octanol–water partition coefficient (Wildman–Crippen LogP) is 2.50. The standard InChI is InChI=1S/C12H14N2O2/c1-12(2,3)11(16)7-4-8-10(9(15)5-7)14-6-13-8/h4-6,15H,1-3H3,(H,13,14). The molecule has 0 saturated carbocycles. The summed E-state index contributed by atoms with van der Waals surface area (Å²) in [4.78, 5) is 18.9. The van der Waals surface area contributed by atoms with Gasteiger partial charge in [-0.1, -0.05) is 20.8 Å². The van der Waals surface area contributed by atoms with Gasteiger partial charge in [0.2, 0.25) is 0 Å². The summed E-state index contributed by atoms with van der Waals surface area (Å²) in [6.07, 6.45) is 1.50. The molecule has 0 aliphatic carbocycles. The number of H-pyrrole nitrogens is 1. The van der Waals surface area contributed by atoms with Gasteiger partial charge in [0, 0.05) is 11.0 Å². The number of carbonyl (C=O) groups excluding carboxylic acids is 1. The van der Waals surface area contributed by atoms with E-state index in [0.717, 1.165) is 0 Å². The number of aromatic hydroxyl groups is 1. The van der Waals surface area contributed by atoms with E-state index in [1.807, 2.05) is 20.8 Å². The molecule has 1 aromatic heterocycles. The van der Waals surface area contributed by atoms with Crippen LogP contribution in [0, 0.1) is 5.41 Å². The van der Waals surface area contributed by atoms with Crippen LogP contribution in [0.4, 0.5) is 0 Å². The van der Waals surface area contributed by atoms with Crippen molar-refractivity contribution in [2.24, 2.45) is 5.41 Å². The lowest BCUT2D eigenvalue weighted by atomic mass is 9.86. The van der Waals surface area contributed by atoms with Crippen LogP contribution >= 0.6 is 0 Å². The smallest absolute Gasteiger partial charge is 0.168 e. The Hall–Kier alpha value is -1.84. The number of aromatic nitrogens is 2. The van der Waals surface area contributed by atoms with Crippen molar-refractivity contribution in [3.63, 3.8) is 0 Å². The van der Waals surface area contributed by atoms with Crippen LogP contribution in [0.3, 0.4) is 0 Å². The van der Waals surface area contributed by atoms with Gasteiger partial charge in [0.05, 0.1) is 11.8 Å². The number of carbonyl (C=O) groups is 1. The van der Waals surface area contributed by atoms with Crippen molar-refractivity contribution in [3.05, 3.63) is 24.0 Å². The van der Waals surface area contributed by atoms with Crippen LogP contribution in [0.5, 0.6) is 5.75 Å². The highest BCUT2D eigenvalue weighted by Crippen LogP contribution is 2.28. The number of aromatic amines is 1. The molecule has 0 aliphatic heterocycles. The molecule has 0 saturated heterocycles. The second-order valence-electron chi connectivity index (χ2n) is 4.87. The SMILES string of the molecule is CC(C)(C)C(=O)c1cc(O)c2nc[nH]c2c1. The highest BCUT2D eigenvalue weighted by Gasteiger charge is 2.24. The molecule has 0 aliphatic rings. The van der Waals surface area contributed by atoms with Crippen LogP contribution in [-0.2, 0) is 0 Å². The minimum absolute atomic E-state index is 0.000648. The van der Waals surface area contributed by atoms with E-state index in [-0.39, 0.29) is 11.5 Å². The van der Waals surface area contributed by atoms with Crippen molar-refractivity contribution in [2.75, 3.05) is 0 Å². The number of phenolic OH excluding ortho intramolecular Hbond substituents is 1. The fraction of sp³-hybridized carbons (Fsp3) is 0.333. The van der Waals surface area contributed by atoms with Crippen LogP contribution in [0.15, 0.2) is 18.5 Å². The minimum Gasteiger partial charge on any atom is -0.506 e. The van der Waals surface area contributed by atoms with E-state index in [0.29, 0.717) is 16.6 Å². The van der Waals surface area contributed by atoms with Crippen LogP contribution < -0.4 is 0 Å². The molecule has 4 nitrogen and oxygen atoms in total. The number of hydrogen-bond donors (Lipinski definition) is 2. The molecular weight excluding hydrogens is 204 g/mol. The average Bonchev–Trinajstić information content (AvgIpc) is 2.63. The first-order valence-electron chi connectivity index (χ1n) is 5.10. The number of nitrogens with zero attached hydrogens (tertiary/aromatic N) is 1. The Balaban J connectivity index is 2.58. The fourth-order valence-corrected chi connectivity index (χ4v) is 1.60. The Morgan fingerprint density at radius 2 is 2.06 bits per heavy atom. The number of phenols is 1. The van der Waals surface area contributed by atoms with E-state index in [9.17, 15) is 9.90 Å². The molecular formula is C12H14N2O2. The highest BCUT2D eigenvalue weighted by molar-refractivity contribution is 6.03. The van der Waals surface area contributed by atoms with Gasteiger partial charge in [-0.25, -0.2) is 4.98 Å². The zero-order valence-corrected chi connectivity index (χ0v) is 9.53. The van der Waals surface area contributed by atoms with Crippen molar-refractivity contribution in [2.45, 2.75) is 20.8 Å². The quantitative estimate of drug-likeness (QED) is 0.723. The summed E-state index contributed by atoms with van der Waals surface area (Å²) in [7, 11) is 0. The van der Waals surface area contributed by atoms with Gasteiger partial charge in [0.15, 0.2) is 5.78 Å². The van der Waals surface area contributed by atoms with Crippen molar-refractivity contribution in [1.82, 2.24) is 9.97 Å². The highest BCUT2D eigenvalue weighted by atomic mass is 16.3. The van der Waals surface area contributed by atoms with Crippen LogP contribution in [-0.4, -0.2) is 20.9 Å². The maximum atomic E-state index is 12.0. The largest absolute Gasteiger partial charge is 0.506 e. The first-order chi connectivity index (χ1) is 7.39. The Morgan fingerprint density at radius 1 is 1.38 bits per heavy atom. The van der Waals surface area contributed by atoms with Crippen molar-refractivity contribution in [1.29, 1.82) is 0 Å². The molecule has 0 fully saturated rings. The van der Waals surface area contributed by atoms with Gasteiger partial charge in [-0.2, -0.15) is 0 Å². The normalized spacial score (nSPS) is 11.9. The lowest BCUT2D eigenvalue weighted by Gasteiger charge is -2.16. The Bertz CT molecular complexity index is 550. The van der Waals surface area contributed by atoms with Gasteiger partial charge < -0.3 is 10.1 Å². The topological polar surface area (TPSA) is 66.0 Å². The van der Waals surface area contributed by atoms with E-state index >= 15 is 0 Å². The fourth-order valence-electron chi connectivity index (χ4n) is 1.60. The lowest BCUT2D eigenvalue weighted by Crippen LogP contribution is -2.20. The Kier molecular flexibility index (Phi) is 2.22. The number of imidazole rings is 1. The Labute approximate surface area is 93.3 Å². The number of benzene rings is 1. The number of nitrogens with one attached hydrogen (secondary N) is 1. The number of hydrogen-bond acceptors (Lipinski definition) is 3. The molecule has 2 aromatic rings. The lowest BCUT2D eigenvalue weighted by molar-refractivity contribution is 0.0858. The van der Waals surface area contributed by atoms with Gasteiger partial charge in [0.1, 0.15) is 11.3 Å². The third-order valence-electron chi connectivity index (χ3n) is 2.45. The van der Waals surface area contributed by atoms with E-state index in [4.69, 9.17) is 0 Å². The van der Waals surface area contributed by atoms with Gasteiger partial charge in [-0.15, -0.1) is 0 Å². The van der Waals surface area contributed by atoms with Crippen LogP contribution in [0.1, 0.15) is 31.1 Å². The molecule has 1 heterocycles. The maximum absolute atomic E-state index is 12.0. The second-order valence-corrected chi connectivity index (χ2v) is 4.87. The third-order valence-corrected chi connectivity index (χ3v) is 2.45. The molecule has 0 bridgehead atoms. The van der Waals surface area contributed by atoms with Crippen molar-refractivity contribution >= 4 is 16.8 Å². The molecule has 4 heteroatoms. The summed E-state index contributed by atoms with van der Waals surface area (Å²) in [5.41, 5.74) is 1.21. The van der Waals surface area contributed by atoms with Crippen molar-refractivity contribution < 1.29 is 9.90 Å². The Morgan fingerprint density at radius 3 is 2.69 bits per heavy atom. The molecule has 1 aromatic carbocycles. The molecule has 0 amide bonds. The summed E-state index contributed by atoms with van der Waals surface area (Å²) in [5.74, 6) is 0.0330. The predicted molar refractivity (Wildman–Crippen MR) is 61.5 cm³/mol. The molecule has 0 unspecified atom stereocenters. The first kappa shape index (κ1) is 10.7. The molecule has 0 radical (unpaired) electrons. The molecule has 2 rings (SSSR count). The van der Waals surface area contributed by atoms with E-state index < -0.39 is 5.41 Å². The monoisotopic (exact) mass is 218 g/mol. The van der Waals surface area contributed by atoms with Crippen molar-refractivity contribution in [3.8, 4) is 5.75 Å². The minimum atomic E-state index is -0.458. The zero-order chi connectivity index (χ0) is 11.9. The number of ketones is 1. The summed E-state index contributed by atoms with van der Waals surface area (Å²) in [5, 5.41) is 9.72. The summed E-state index contributed by atoms with van der Waals surface area (Å²) in [6.45, 7) is 5.55. The molecule has 84 valence electrons. The molecule has 16 heavy (non-hydrogen) atoms. The van der Waals surface area contributed by atoms with Gasteiger partial charge in [0.25, 0.3) is 0 Å². The number of fused-ring (bicyclic) bond motifs is 1. The maximum Gasteiger partial charge on any atom is 0.168 e. The second kappa shape index (κ2) is 3.33. The molecule has 0 atom stereocenters. The van der Waals surface area contributed by atoms with Gasteiger partial charge in [-0.3, -0.25) is 4.79 Å².